The molecule has 0 aliphatic carbocycles. The van der Waals surface area contributed by atoms with Crippen molar-refractivity contribution in [1.29, 1.82) is 0 Å². The lowest BCUT2D eigenvalue weighted by Crippen LogP contribution is -2.22. The number of hydrogen-bond acceptors (Lipinski definition) is 6. The molecule has 28 heavy (non-hydrogen) atoms. The summed E-state index contributed by atoms with van der Waals surface area (Å²) in [6.07, 6.45) is 3.09. The molecule has 0 unspecified atom stereocenters. The molecule has 0 aliphatic rings. The predicted octanol–water partition coefficient (Wildman–Crippen LogP) is 3.19. The minimum Gasteiger partial charge on any atom is -0.456 e. The van der Waals surface area contributed by atoms with E-state index in [1.807, 2.05) is 36.4 Å². The summed E-state index contributed by atoms with van der Waals surface area (Å²) in [6, 6.07) is 16.6. The first-order valence-corrected chi connectivity index (χ1v) is 8.80. The van der Waals surface area contributed by atoms with Crippen LogP contribution in [0.15, 0.2) is 76.3 Å². The van der Waals surface area contributed by atoms with Crippen LogP contribution in [-0.4, -0.2) is 20.5 Å². The highest BCUT2D eigenvalue weighted by molar-refractivity contribution is 5.77. The second-order valence-corrected chi connectivity index (χ2v) is 6.16. The van der Waals surface area contributed by atoms with Gasteiger partial charge in [0.25, 0.3) is 5.56 Å². The van der Waals surface area contributed by atoms with Gasteiger partial charge in [-0.1, -0.05) is 42.5 Å². The molecule has 140 valence electrons. The monoisotopic (exact) mass is 375 g/mol. The summed E-state index contributed by atoms with van der Waals surface area (Å²) in [5.41, 5.74) is 1.35. The summed E-state index contributed by atoms with van der Waals surface area (Å²) in [6.45, 7) is 0.132. The number of fused-ring (bicyclic) bond motifs is 1. The first-order valence-electron chi connectivity index (χ1n) is 8.80. The largest absolute Gasteiger partial charge is 0.456 e. The van der Waals surface area contributed by atoms with Crippen LogP contribution in [0.1, 0.15) is 12.3 Å². The molecule has 0 amide bonds. The van der Waals surface area contributed by atoms with Gasteiger partial charge in [0.2, 0.25) is 5.89 Å². The molecule has 0 aliphatic heterocycles. The Balaban J connectivity index is 1.34. The Hall–Kier alpha value is -3.74. The number of esters is 1. The molecule has 0 saturated carbocycles. The van der Waals surface area contributed by atoms with Crippen LogP contribution in [0.25, 0.3) is 22.2 Å². The zero-order valence-corrected chi connectivity index (χ0v) is 14.9. The Bertz CT molecular complexity index is 1160. The van der Waals surface area contributed by atoms with E-state index in [1.54, 1.807) is 24.4 Å². The SMILES string of the molecule is O=C(CCn1cnc2ccccc2c1=O)OCc1ncc(-c2ccccc2)o1. The molecule has 2 heterocycles. The summed E-state index contributed by atoms with van der Waals surface area (Å²) < 4.78 is 12.2. The fourth-order valence-corrected chi connectivity index (χ4v) is 2.80. The third-order valence-electron chi connectivity index (χ3n) is 4.26. The maximum atomic E-state index is 12.4. The van der Waals surface area contributed by atoms with Crippen LogP contribution in [0.3, 0.4) is 0 Å². The second kappa shape index (κ2) is 7.87. The molecule has 0 radical (unpaired) electrons. The van der Waals surface area contributed by atoms with Gasteiger partial charge in [0.05, 0.1) is 29.8 Å². The quantitative estimate of drug-likeness (QED) is 0.481. The summed E-state index contributed by atoms with van der Waals surface area (Å²) in [5, 5.41) is 0.520. The van der Waals surface area contributed by atoms with Crippen LogP contribution in [0, 0.1) is 0 Å². The van der Waals surface area contributed by atoms with Crippen LogP contribution >= 0.6 is 0 Å². The number of carbonyl (C=O) groups is 1. The predicted molar refractivity (Wildman–Crippen MR) is 102 cm³/mol. The fraction of sp³-hybridized carbons (Fsp3) is 0.143. The lowest BCUT2D eigenvalue weighted by atomic mass is 10.2. The van der Waals surface area contributed by atoms with Gasteiger partial charge in [-0.15, -0.1) is 0 Å². The molecule has 0 atom stereocenters. The fourth-order valence-electron chi connectivity index (χ4n) is 2.80. The van der Waals surface area contributed by atoms with Gasteiger partial charge in [0.1, 0.15) is 0 Å². The van der Waals surface area contributed by atoms with Crippen molar-refractivity contribution < 1.29 is 13.9 Å². The van der Waals surface area contributed by atoms with Crippen LogP contribution in [0.2, 0.25) is 0 Å². The summed E-state index contributed by atoms with van der Waals surface area (Å²) >= 11 is 0. The number of aromatic nitrogens is 3. The number of aryl methyl sites for hydroxylation is 1. The Labute approximate surface area is 160 Å². The normalized spacial score (nSPS) is 10.9. The Morgan fingerprint density at radius 3 is 2.68 bits per heavy atom. The highest BCUT2D eigenvalue weighted by Gasteiger charge is 2.11. The standard InChI is InChI=1S/C21H17N3O4/c25-20(10-11-24-14-23-17-9-5-4-8-16(17)21(24)26)27-13-19-22-12-18(28-19)15-6-2-1-3-7-15/h1-9,12,14H,10-11,13H2. The van der Waals surface area contributed by atoms with Crippen molar-refractivity contribution in [3.63, 3.8) is 0 Å². The number of benzene rings is 2. The third-order valence-corrected chi connectivity index (χ3v) is 4.26. The van der Waals surface area contributed by atoms with Gasteiger partial charge >= 0.3 is 5.97 Å². The molecule has 2 aromatic heterocycles. The van der Waals surface area contributed by atoms with Gasteiger partial charge in [0, 0.05) is 12.1 Å². The van der Waals surface area contributed by atoms with Gasteiger partial charge in [-0.2, -0.15) is 0 Å². The molecule has 4 aromatic rings. The zero-order chi connectivity index (χ0) is 19.3. The molecule has 4 rings (SSSR count). The van der Waals surface area contributed by atoms with E-state index in [-0.39, 0.29) is 25.1 Å². The highest BCUT2D eigenvalue weighted by atomic mass is 16.5. The molecule has 2 aromatic carbocycles. The van der Waals surface area contributed by atoms with Crippen LogP contribution in [0.4, 0.5) is 0 Å². The molecule has 0 fully saturated rings. The van der Waals surface area contributed by atoms with E-state index in [9.17, 15) is 9.59 Å². The minimum atomic E-state index is -0.445. The van der Waals surface area contributed by atoms with Crippen molar-refractivity contribution in [3.05, 3.63) is 83.4 Å². The topological polar surface area (TPSA) is 87.2 Å². The average molecular weight is 375 g/mol. The highest BCUT2D eigenvalue weighted by Crippen LogP contribution is 2.20. The lowest BCUT2D eigenvalue weighted by molar-refractivity contribution is -0.145. The molecule has 0 saturated heterocycles. The van der Waals surface area contributed by atoms with Crippen molar-refractivity contribution in [2.75, 3.05) is 0 Å². The summed E-state index contributed by atoms with van der Waals surface area (Å²) in [4.78, 5) is 32.8. The van der Waals surface area contributed by atoms with E-state index in [4.69, 9.17) is 9.15 Å². The Kier molecular flexibility index (Phi) is 4.97. The third kappa shape index (κ3) is 3.83. The van der Waals surface area contributed by atoms with E-state index >= 15 is 0 Å². The van der Waals surface area contributed by atoms with E-state index in [0.29, 0.717) is 22.6 Å². The first kappa shape index (κ1) is 17.7. The van der Waals surface area contributed by atoms with Gasteiger partial charge in [-0.3, -0.25) is 14.2 Å². The summed E-state index contributed by atoms with van der Waals surface area (Å²) in [5.74, 6) is 0.483. The van der Waals surface area contributed by atoms with E-state index in [2.05, 4.69) is 9.97 Å². The maximum Gasteiger partial charge on any atom is 0.308 e. The number of para-hydroxylation sites is 1. The average Bonchev–Trinajstić information content (AvgIpc) is 3.22. The number of hydrogen-bond donors (Lipinski definition) is 0. The van der Waals surface area contributed by atoms with E-state index in [0.717, 1.165) is 5.56 Å². The Morgan fingerprint density at radius 2 is 1.82 bits per heavy atom. The van der Waals surface area contributed by atoms with E-state index in [1.165, 1.54) is 10.9 Å². The molecule has 0 spiro atoms. The number of nitrogens with zero attached hydrogens (tertiary/aromatic N) is 3. The zero-order valence-electron chi connectivity index (χ0n) is 14.9. The second-order valence-electron chi connectivity index (χ2n) is 6.16. The van der Waals surface area contributed by atoms with Crippen molar-refractivity contribution in [3.8, 4) is 11.3 Å². The van der Waals surface area contributed by atoms with Crippen molar-refractivity contribution in [2.45, 2.75) is 19.6 Å². The number of ether oxygens (including phenoxy) is 1. The van der Waals surface area contributed by atoms with Gasteiger partial charge in [-0.05, 0) is 12.1 Å². The smallest absolute Gasteiger partial charge is 0.308 e. The number of carbonyl (C=O) groups excluding carboxylic acids is 1. The molecular weight excluding hydrogens is 358 g/mol. The molecule has 0 bridgehead atoms. The summed E-state index contributed by atoms with van der Waals surface area (Å²) in [7, 11) is 0. The van der Waals surface area contributed by atoms with Crippen LogP contribution in [0.5, 0.6) is 0 Å². The van der Waals surface area contributed by atoms with Gasteiger partial charge in [0.15, 0.2) is 12.4 Å². The molecular formula is C21H17N3O4. The van der Waals surface area contributed by atoms with Crippen molar-refractivity contribution in [2.24, 2.45) is 0 Å². The Morgan fingerprint density at radius 1 is 1.04 bits per heavy atom. The molecule has 0 N–H and O–H groups in total. The van der Waals surface area contributed by atoms with E-state index < -0.39 is 5.97 Å². The van der Waals surface area contributed by atoms with Crippen molar-refractivity contribution >= 4 is 16.9 Å². The lowest BCUT2D eigenvalue weighted by Gasteiger charge is -2.06. The number of oxazole rings is 1. The maximum absolute atomic E-state index is 12.4. The number of rotatable bonds is 6. The van der Waals surface area contributed by atoms with Gasteiger partial charge < -0.3 is 9.15 Å². The molecule has 7 nitrogen and oxygen atoms in total. The first-order chi connectivity index (χ1) is 13.7. The van der Waals surface area contributed by atoms with Crippen molar-refractivity contribution in [1.82, 2.24) is 14.5 Å². The van der Waals surface area contributed by atoms with Gasteiger partial charge in [-0.25, -0.2) is 9.97 Å². The van der Waals surface area contributed by atoms with Crippen LogP contribution in [-0.2, 0) is 22.7 Å². The molecule has 7 heteroatoms. The minimum absolute atomic E-state index is 0.0478. The van der Waals surface area contributed by atoms with Crippen LogP contribution < -0.4 is 5.56 Å².